The van der Waals surface area contributed by atoms with Crippen molar-refractivity contribution in [3.05, 3.63) is 59.5 Å². The van der Waals surface area contributed by atoms with Crippen LogP contribution < -0.4 is 0 Å². The van der Waals surface area contributed by atoms with Gasteiger partial charge in [0, 0.05) is 5.02 Å². The first-order valence-electron chi connectivity index (χ1n) is 4.55. The third-order valence-electron chi connectivity index (χ3n) is 1.66. The van der Waals surface area contributed by atoms with Gasteiger partial charge >= 0.3 is 5.97 Å². The number of rotatable bonds is 4. The number of hydrogen-bond acceptors (Lipinski definition) is 3. The molecule has 84 valence electrons. The number of esters is 1. The summed E-state index contributed by atoms with van der Waals surface area (Å²) in [5.41, 5.74) is 0.449. The Balaban J connectivity index is 2.50. The molecule has 0 unspecified atom stereocenters. The molecule has 16 heavy (non-hydrogen) atoms. The van der Waals surface area contributed by atoms with Crippen LogP contribution in [-0.2, 0) is 9.47 Å². The Morgan fingerprint density at radius 2 is 1.81 bits per heavy atom. The first-order valence-corrected chi connectivity index (χ1v) is 4.93. The molecule has 0 saturated heterocycles. The third kappa shape index (κ3) is 4.19. The summed E-state index contributed by atoms with van der Waals surface area (Å²) in [4.78, 5) is 11.4. The van der Waals surface area contributed by atoms with E-state index in [1.807, 2.05) is 0 Å². The summed E-state index contributed by atoms with van der Waals surface area (Å²) >= 11 is 5.69. The summed E-state index contributed by atoms with van der Waals surface area (Å²) < 4.78 is 9.50. The van der Waals surface area contributed by atoms with E-state index in [2.05, 4.69) is 4.74 Å². The van der Waals surface area contributed by atoms with Crippen molar-refractivity contribution in [2.24, 2.45) is 0 Å². The minimum absolute atomic E-state index is 0.432. The first kappa shape index (κ1) is 12.3. The Morgan fingerprint density at radius 1 is 1.19 bits per heavy atom. The van der Waals surface area contributed by atoms with Crippen LogP contribution in [0.2, 0.25) is 5.02 Å². The lowest BCUT2D eigenvalue weighted by Crippen LogP contribution is -1.99. The average molecular weight is 239 g/mol. The van der Waals surface area contributed by atoms with Crippen molar-refractivity contribution in [3.8, 4) is 0 Å². The maximum Gasteiger partial charge on any atom is 0.342 e. The molecule has 0 aromatic heterocycles. The van der Waals surface area contributed by atoms with Crippen molar-refractivity contribution in [2.45, 2.75) is 0 Å². The summed E-state index contributed by atoms with van der Waals surface area (Å²) in [5, 5.41) is 0.579. The zero-order valence-electron chi connectivity index (χ0n) is 8.72. The Labute approximate surface area is 98.9 Å². The van der Waals surface area contributed by atoms with Crippen LogP contribution in [0.3, 0.4) is 0 Å². The fourth-order valence-corrected chi connectivity index (χ4v) is 1.05. The first-order chi connectivity index (χ1) is 7.74. The van der Waals surface area contributed by atoms with Gasteiger partial charge in [-0.15, -0.1) is 0 Å². The number of carbonyl (C=O) groups excluding carboxylic acids is 1. The van der Waals surface area contributed by atoms with E-state index < -0.39 is 5.97 Å². The molecule has 3 nitrogen and oxygen atoms in total. The summed E-state index contributed by atoms with van der Waals surface area (Å²) in [6, 6.07) is 6.46. The second-order valence-corrected chi connectivity index (χ2v) is 3.24. The van der Waals surface area contributed by atoms with Crippen molar-refractivity contribution >= 4 is 17.6 Å². The van der Waals surface area contributed by atoms with E-state index in [1.165, 1.54) is 19.6 Å². The maximum atomic E-state index is 11.4. The molecule has 0 radical (unpaired) electrons. The van der Waals surface area contributed by atoms with Crippen molar-refractivity contribution in [1.29, 1.82) is 0 Å². The largest absolute Gasteiger partial charge is 0.504 e. The molecule has 1 aromatic rings. The molecule has 0 N–H and O–H groups in total. The highest BCUT2D eigenvalue weighted by Gasteiger charge is 2.03. The van der Waals surface area contributed by atoms with Gasteiger partial charge in [0.1, 0.15) is 0 Å². The minimum atomic E-state index is -0.432. The molecule has 1 rings (SSSR count). The van der Waals surface area contributed by atoms with Crippen LogP contribution in [-0.4, -0.2) is 13.1 Å². The second kappa shape index (κ2) is 6.69. The summed E-state index contributed by atoms with van der Waals surface area (Å²) in [7, 11) is 1.53. The molecule has 0 aliphatic rings. The van der Waals surface area contributed by atoms with E-state index in [-0.39, 0.29) is 0 Å². The molecular weight excluding hydrogens is 228 g/mol. The number of hydrogen-bond donors (Lipinski definition) is 0. The van der Waals surface area contributed by atoms with Crippen molar-refractivity contribution in [3.63, 3.8) is 0 Å². The Hall–Kier alpha value is -1.74. The quantitative estimate of drug-likeness (QED) is 0.459. The lowest BCUT2D eigenvalue weighted by molar-refractivity contribution is 0.0663. The zero-order chi connectivity index (χ0) is 11.8. The Kier molecular flexibility index (Phi) is 5.16. The lowest BCUT2D eigenvalue weighted by atomic mass is 10.2. The highest BCUT2D eigenvalue weighted by atomic mass is 35.5. The standard InChI is InChI=1S/C12H11ClO3/c1-15-8-2-3-9-16-12(14)10-4-6-11(13)7-5-10/h2-9H,1H3/b8-2-,9-3-. The van der Waals surface area contributed by atoms with Crippen LogP contribution in [0.1, 0.15) is 10.4 Å². The Bertz CT molecular complexity index is 393. The van der Waals surface area contributed by atoms with Gasteiger partial charge < -0.3 is 9.47 Å². The van der Waals surface area contributed by atoms with Crippen LogP contribution in [0.4, 0.5) is 0 Å². The van der Waals surface area contributed by atoms with E-state index in [4.69, 9.17) is 16.3 Å². The molecule has 0 bridgehead atoms. The predicted molar refractivity (Wildman–Crippen MR) is 62.2 cm³/mol. The third-order valence-corrected chi connectivity index (χ3v) is 1.91. The van der Waals surface area contributed by atoms with Gasteiger partial charge in [-0.25, -0.2) is 4.79 Å². The van der Waals surface area contributed by atoms with E-state index in [0.717, 1.165) is 0 Å². The van der Waals surface area contributed by atoms with Gasteiger partial charge in [-0.3, -0.25) is 0 Å². The minimum Gasteiger partial charge on any atom is -0.504 e. The van der Waals surface area contributed by atoms with Gasteiger partial charge in [-0.1, -0.05) is 11.6 Å². The van der Waals surface area contributed by atoms with Crippen LogP contribution in [0.15, 0.2) is 48.9 Å². The van der Waals surface area contributed by atoms with Gasteiger partial charge in [0.05, 0.1) is 25.2 Å². The van der Waals surface area contributed by atoms with Crippen LogP contribution in [0.5, 0.6) is 0 Å². The number of carbonyl (C=O) groups is 1. The average Bonchev–Trinajstić information content (AvgIpc) is 2.29. The van der Waals surface area contributed by atoms with E-state index >= 15 is 0 Å². The molecule has 0 fully saturated rings. The lowest BCUT2D eigenvalue weighted by Gasteiger charge is -1.98. The normalized spacial score (nSPS) is 10.9. The van der Waals surface area contributed by atoms with E-state index in [9.17, 15) is 4.79 Å². The number of benzene rings is 1. The molecular formula is C12H11ClO3. The molecule has 0 spiro atoms. The predicted octanol–water partition coefficient (Wildman–Crippen LogP) is 3.17. The highest BCUT2D eigenvalue weighted by Crippen LogP contribution is 2.10. The van der Waals surface area contributed by atoms with Crippen molar-refractivity contribution < 1.29 is 14.3 Å². The molecule has 0 aliphatic carbocycles. The summed E-state index contributed by atoms with van der Waals surface area (Å²) in [6.45, 7) is 0. The number of halogens is 1. The smallest absolute Gasteiger partial charge is 0.342 e. The Morgan fingerprint density at radius 3 is 2.44 bits per heavy atom. The topological polar surface area (TPSA) is 35.5 Å². The van der Waals surface area contributed by atoms with Crippen LogP contribution in [0, 0.1) is 0 Å². The van der Waals surface area contributed by atoms with Gasteiger partial charge in [-0.05, 0) is 36.4 Å². The van der Waals surface area contributed by atoms with Gasteiger partial charge in [0.15, 0.2) is 0 Å². The van der Waals surface area contributed by atoms with Gasteiger partial charge in [0.25, 0.3) is 0 Å². The van der Waals surface area contributed by atoms with E-state index in [1.54, 1.807) is 36.4 Å². The molecule has 0 saturated carbocycles. The number of methoxy groups -OCH3 is 1. The van der Waals surface area contributed by atoms with E-state index in [0.29, 0.717) is 10.6 Å². The highest BCUT2D eigenvalue weighted by molar-refractivity contribution is 6.30. The second-order valence-electron chi connectivity index (χ2n) is 2.80. The van der Waals surface area contributed by atoms with Gasteiger partial charge in [0.2, 0.25) is 0 Å². The van der Waals surface area contributed by atoms with Crippen molar-refractivity contribution in [2.75, 3.05) is 7.11 Å². The fourth-order valence-electron chi connectivity index (χ4n) is 0.924. The maximum absolute atomic E-state index is 11.4. The molecule has 4 heteroatoms. The monoisotopic (exact) mass is 238 g/mol. The summed E-state index contributed by atoms with van der Waals surface area (Å²) in [5.74, 6) is -0.432. The van der Waals surface area contributed by atoms with Gasteiger partial charge in [-0.2, -0.15) is 0 Å². The number of allylic oxidation sites excluding steroid dienone is 2. The molecule has 1 aromatic carbocycles. The van der Waals surface area contributed by atoms with Crippen LogP contribution in [0.25, 0.3) is 0 Å². The molecule has 0 atom stereocenters. The summed E-state index contributed by atoms with van der Waals surface area (Å²) in [6.07, 6.45) is 5.91. The SMILES string of the molecule is CO/C=C\C=C/OC(=O)c1ccc(Cl)cc1. The van der Waals surface area contributed by atoms with Crippen LogP contribution >= 0.6 is 11.6 Å². The molecule has 0 heterocycles. The molecule has 0 aliphatic heterocycles. The zero-order valence-corrected chi connectivity index (χ0v) is 9.48. The fraction of sp³-hybridized carbons (Fsp3) is 0.0833. The number of ether oxygens (including phenoxy) is 2. The molecule has 0 amide bonds. The van der Waals surface area contributed by atoms with Crippen molar-refractivity contribution in [1.82, 2.24) is 0 Å².